The zero-order valence-corrected chi connectivity index (χ0v) is 11.5. The van der Waals surface area contributed by atoms with Gasteiger partial charge in [0.1, 0.15) is 0 Å². The molecule has 0 aliphatic carbocycles. The highest BCUT2D eigenvalue weighted by molar-refractivity contribution is 9.10. The molecule has 0 spiro atoms. The van der Waals surface area contributed by atoms with Gasteiger partial charge in [0.2, 0.25) is 0 Å². The summed E-state index contributed by atoms with van der Waals surface area (Å²) in [5.74, 6) is 0. The van der Waals surface area contributed by atoms with Crippen molar-refractivity contribution in [3.63, 3.8) is 0 Å². The zero-order valence-electron chi connectivity index (χ0n) is 9.20. The van der Waals surface area contributed by atoms with E-state index >= 15 is 0 Å². The van der Waals surface area contributed by atoms with Crippen molar-refractivity contribution in [3.05, 3.63) is 27.8 Å². The molecule has 3 rings (SSSR count). The van der Waals surface area contributed by atoms with E-state index in [0.29, 0.717) is 5.02 Å². The van der Waals surface area contributed by atoms with Gasteiger partial charge in [0.05, 0.1) is 16.7 Å². The standard InChI is InChI=1S/C12H12BrClN2O/c13-9-4-5-10-8(12(9)14)7-15-16(10)11-3-1-2-6-17-11/h4-5,7,11H,1-3,6H2/t11-/m0/s1. The summed E-state index contributed by atoms with van der Waals surface area (Å²) in [4.78, 5) is 0. The molecule has 17 heavy (non-hydrogen) atoms. The molecule has 2 heterocycles. The van der Waals surface area contributed by atoms with Crippen molar-refractivity contribution in [1.29, 1.82) is 0 Å². The fourth-order valence-electron chi connectivity index (χ4n) is 2.21. The smallest absolute Gasteiger partial charge is 0.150 e. The molecule has 1 aromatic carbocycles. The minimum atomic E-state index is 0.0542. The molecule has 1 fully saturated rings. The molecular formula is C12H12BrClN2O. The molecule has 5 heteroatoms. The third-order valence-corrected chi connectivity index (χ3v) is 4.39. The first kappa shape index (κ1) is 11.5. The van der Waals surface area contributed by atoms with E-state index in [1.165, 1.54) is 6.42 Å². The molecule has 3 nitrogen and oxygen atoms in total. The summed E-state index contributed by atoms with van der Waals surface area (Å²) < 4.78 is 8.58. The van der Waals surface area contributed by atoms with Gasteiger partial charge in [-0.05, 0) is 47.3 Å². The van der Waals surface area contributed by atoms with Crippen LogP contribution in [-0.2, 0) is 4.74 Å². The number of benzene rings is 1. The molecule has 0 amide bonds. The Hall–Kier alpha value is -0.580. The van der Waals surface area contributed by atoms with Gasteiger partial charge in [0, 0.05) is 16.5 Å². The summed E-state index contributed by atoms with van der Waals surface area (Å²) >= 11 is 9.66. The quantitative estimate of drug-likeness (QED) is 0.790. The summed E-state index contributed by atoms with van der Waals surface area (Å²) in [6.07, 6.45) is 5.21. The highest BCUT2D eigenvalue weighted by atomic mass is 79.9. The third kappa shape index (κ3) is 1.98. The van der Waals surface area contributed by atoms with Crippen molar-refractivity contribution >= 4 is 38.4 Å². The Morgan fingerprint density at radius 3 is 3.06 bits per heavy atom. The number of aromatic nitrogens is 2. The van der Waals surface area contributed by atoms with E-state index in [1.54, 1.807) is 6.20 Å². The second kappa shape index (κ2) is 4.59. The molecule has 0 bridgehead atoms. The van der Waals surface area contributed by atoms with Gasteiger partial charge in [-0.25, -0.2) is 4.68 Å². The van der Waals surface area contributed by atoms with Crippen molar-refractivity contribution < 1.29 is 4.74 Å². The first-order chi connectivity index (χ1) is 8.27. The van der Waals surface area contributed by atoms with E-state index < -0.39 is 0 Å². The fraction of sp³-hybridized carbons (Fsp3) is 0.417. The van der Waals surface area contributed by atoms with Gasteiger partial charge >= 0.3 is 0 Å². The molecule has 90 valence electrons. The van der Waals surface area contributed by atoms with Crippen molar-refractivity contribution in [2.24, 2.45) is 0 Å². The van der Waals surface area contributed by atoms with Crippen LogP contribution in [0.4, 0.5) is 0 Å². The van der Waals surface area contributed by atoms with E-state index in [9.17, 15) is 0 Å². The Labute approximate surface area is 113 Å². The summed E-state index contributed by atoms with van der Waals surface area (Å²) in [7, 11) is 0. The zero-order chi connectivity index (χ0) is 11.8. The van der Waals surface area contributed by atoms with E-state index in [2.05, 4.69) is 21.0 Å². The topological polar surface area (TPSA) is 27.1 Å². The molecule has 0 unspecified atom stereocenters. The van der Waals surface area contributed by atoms with E-state index in [-0.39, 0.29) is 6.23 Å². The molecule has 0 saturated carbocycles. The molecule has 0 radical (unpaired) electrons. The molecule has 1 saturated heterocycles. The lowest BCUT2D eigenvalue weighted by molar-refractivity contribution is -0.0366. The number of hydrogen-bond acceptors (Lipinski definition) is 2. The monoisotopic (exact) mass is 314 g/mol. The lowest BCUT2D eigenvalue weighted by atomic mass is 10.2. The Balaban J connectivity index is 2.08. The van der Waals surface area contributed by atoms with Gasteiger partial charge in [0.15, 0.2) is 6.23 Å². The maximum atomic E-state index is 6.24. The summed E-state index contributed by atoms with van der Waals surface area (Å²) in [6, 6.07) is 3.97. The van der Waals surface area contributed by atoms with Crippen LogP contribution in [-0.4, -0.2) is 16.4 Å². The number of halogens is 2. The summed E-state index contributed by atoms with van der Waals surface area (Å²) in [6.45, 7) is 0.816. The lowest BCUT2D eigenvalue weighted by Crippen LogP contribution is -2.18. The molecule has 1 atom stereocenters. The number of hydrogen-bond donors (Lipinski definition) is 0. The molecule has 1 aliphatic heterocycles. The maximum Gasteiger partial charge on any atom is 0.150 e. The maximum absolute atomic E-state index is 6.24. The predicted octanol–water partition coefficient (Wildman–Crippen LogP) is 4.15. The number of nitrogens with zero attached hydrogens (tertiary/aromatic N) is 2. The summed E-state index contributed by atoms with van der Waals surface area (Å²) in [5.41, 5.74) is 1.03. The van der Waals surface area contributed by atoms with Gasteiger partial charge in [-0.15, -0.1) is 0 Å². The van der Waals surface area contributed by atoms with Gasteiger partial charge in [0.25, 0.3) is 0 Å². The average Bonchev–Trinajstić information content (AvgIpc) is 2.79. The highest BCUT2D eigenvalue weighted by Gasteiger charge is 2.19. The van der Waals surface area contributed by atoms with Crippen LogP contribution < -0.4 is 0 Å². The number of fused-ring (bicyclic) bond motifs is 1. The molecule has 1 aliphatic rings. The van der Waals surface area contributed by atoms with E-state index in [0.717, 1.165) is 34.8 Å². The van der Waals surface area contributed by atoms with Gasteiger partial charge < -0.3 is 4.74 Å². The van der Waals surface area contributed by atoms with Crippen molar-refractivity contribution in [2.75, 3.05) is 6.61 Å². The van der Waals surface area contributed by atoms with Crippen LogP contribution >= 0.6 is 27.5 Å². The van der Waals surface area contributed by atoms with Gasteiger partial charge in [-0.2, -0.15) is 5.10 Å². The first-order valence-electron chi connectivity index (χ1n) is 5.70. The second-order valence-corrected chi connectivity index (χ2v) is 5.44. The minimum Gasteiger partial charge on any atom is -0.356 e. The highest BCUT2D eigenvalue weighted by Crippen LogP contribution is 2.33. The predicted molar refractivity (Wildman–Crippen MR) is 71.3 cm³/mol. The Kier molecular flexibility index (Phi) is 3.11. The van der Waals surface area contributed by atoms with Crippen LogP contribution in [0.15, 0.2) is 22.8 Å². The van der Waals surface area contributed by atoms with Crippen molar-refractivity contribution in [3.8, 4) is 0 Å². The second-order valence-electron chi connectivity index (χ2n) is 4.20. The molecular weight excluding hydrogens is 304 g/mol. The molecule has 1 aromatic heterocycles. The van der Waals surface area contributed by atoms with Crippen LogP contribution in [0.2, 0.25) is 5.02 Å². The number of rotatable bonds is 1. The van der Waals surface area contributed by atoms with Crippen molar-refractivity contribution in [2.45, 2.75) is 25.5 Å². The van der Waals surface area contributed by atoms with Crippen LogP contribution in [0, 0.1) is 0 Å². The van der Waals surface area contributed by atoms with E-state index in [4.69, 9.17) is 16.3 Å². The Bertz CT molecular complexity index is 549. The molecule has 2 aromatic rings. The third-order valence-electron chi connectivity index (χ3n) is 3.10. The number of ether oxygens (including phenoxy) is 1. The fourth-order valence-corrected chi connectivity index (χ4v) is 2.76. The summed E-state index contributed by atoms with van der Waals surface area (Å²) in [5, 5.41) is 6.09. The average molecular weight is 316 g/mol. The lowest BCUT2D eigenvalue weighted by Gasteiger charge is -2.23. The first-order valence-corrected chi connectivity index (χ1v) is 6.87. The largest absolute Gasteiger partial charge is 0.356 e. The normalized spacial score (nSPS) is 20.9. The van der Waals surface area contributed by atoms with Crippen LogP contribution in [0.1, 0.15) is 25.5 Å². The minimum absolute atomic E-state index is 0.0542. The molecule has 0 N–H and O–H groups in total. The Morgan fingerprint density at radius 1 is 1.41 bits per heavy atom. The van der Waals surface area contributed by atoms with Crippen molar-refractivity contribution in [1.82, 2.24) is 9.78 Å². The van der Waals surface area contributed by atoms with Gasteiger partial charge in [-0.1, -0.05) is 11.6 Å². The van der Waals surface area contributed by atoms with E-state index in [1.807, 2.05) is 16.8 Å². The Morgan fingerprint density at radius 2 is 2.29 bits per heavy atom. The van der Waals surface area contributed by atoms with Crippen LogP contribution in [0.3, 0.4) is 0 Å². The van der Waals surface area contributed by atoms with Crippen LogP contribution in [0.5, 0.6) is 0 Å². The van der Waals surface area contributed by atoms with Gasteiger partial charge in [-0.3, -0.25) is 0 Å². The SMILES string of the molecule is Clc1c(Br)ccc2c1cnn2[C@@H]1CCCCO1. The van der Waals surface area contributed by atoms with Crippen LogP contribution in [0.25, 0.3) is 10.9 Å².